The molecule has 4 heterocycles. The summed E-state index contributed by atoms with van der Waals surface area (Å²) in [5.41, 5.74) is 4.04. The summed E-state index contributed by atoms with van der Waals surface area (Å²) in [7, 11) is 5.23. The van der Waals surface area contributed by atoms with Gasteiger partial charge in [0.1, 0.15) is 5.65 Å². The molecule has 0 spiro atoms. The summed E-state index contributed by atoms with van der Waals surface area (Å²) in [5, 5.41) is 1.06. The molecule has 170 valence electrons. The van der Waals surface area contributed by atoms with Crippen LogP contribution < -0.4 is 5.56 Å². The number of H-pyrrole nitrogens is 1. The molecule has 0 aromatic carbocycles. The molecule has 32 heavy (non-hydrogen) atoms. The van der Waals surface area contributed by atoms with Gasteiger partial charge in [0.2, 0.25) is 5.91 Å². The van der Waals surface area contributed by atoms with E-state index in [1.54, 1.807) is 42.9 Å². The average molecular weight is 438 g/mol. The maximum Gasteiger partial charge on any atom is 0.250 e. The highest BCUT2D eigenvalue weighted by molar-refractivity contribution is 5.93. The van der Waals surface area contributed by atoms with Crippen molar-refractivity contribution in [1.82, 2.24) is 24.3 Å². The van der Waals surface area contributed by atoms with E-state index in [0.29, 0.717) is 25.6 Å². The van der Waals surface area contributed by atoms with Crippen molar-refractivity contribution >= 4 is 16.9 Å². The van der Waals surface area contributed by atoms with Crippen molar-refractivity contribution < 1.29 is 9.53 Å². The Hall–Kier alpha value is -2.97. The third-order valence-electron chi connectivity index (χ3n) is 6.27. The van der Waals surface area contributed by atoms with Crippen molar-refractivity contribution in [2.24, 2.45) is 0 Å². The molecule has 8 nitrogen and oxygen atoms in total. The van der Waals surface area contributed by atoms with Gasteiger partial charge in [-0.2, -0.15) is 0 Å². The molecular weight excluding hydrogens is 406 g/mol. The molecule has 1 N–H and O–H groups in total. The lowest BCUT2D eigenvalue weighted by Gasteiger charge is -2.31. The lowest BCUT2D eigenvalue weighted by atomic mass is 9.93. The van der Waals surface area contributed by atoms with Crippen molar-refractivity contribution in [1.29, 1.82) is 0 Å². The Morgan fingerprint density at radius 1 is 1.25 bits per heavy atom. The highest BCUT2D eigenvalue weighted by Crippen LogP contribution is 2.33. The molecule has 8 heteroatoms. The van der Waals surface area contributed by atoms with Gasteiger partial charge in [0, 0.05) is 63.2 Å². The fourth-order valence-electron chi connectivity index (χ4n) is 4.31. The molecule has 3 aromatic heterocycles. The van der Waals surface area contributed by atoms with Crippen LogP contribution in [0.4, 0.5) is 0 Å². The summed E-state index contributed by atoms with van der Waals surface area (Å²) in [6, 6.07) is 7.67. The van der Waals surface area contributed by atoms with Crippen molar-refractivity contribution in [3.05, 3.63) is 52.7 Å². The molecule has 0 atom stereocenters. The fraction of sp³-hybridized carbons (Fsp3) is 0.458. The maximum absolute atomic E-state index is 12.2. The van der Waals surface area contributed by atoms with Gasteiger partial charge in [-0.3, -0.25) is 14.5 Å². The first-order valence-electron chi connectivity index (χ1n) is 11.1. The molecule has 0 aliphatic carbocycles. The highest BCUT2D eigenvalue weighted by atomic mass is 16.5. The average Bonchev–Trinajstić information content (AvgIpc) is 3.23. The predicted octanol–water partition coefficient (Wildman–Crippen LogP) is 2.31. The number of hydrogen-bond donors (Lipinski definition) is 1. The largest absolute Gasteiger partial charge is 0.383 e. The minimum atomic E-state index is -0.0367. The van der Waals surface area contributed by atoms with Crippen LogP contribution in [-0.2, 0) is 16.1 Å². The zero-order valence-electron chi connectivity index (χ0n) is 19.0. The Morgan fingerprint density at radius 3 is 2.75 bits per heavy atom. The monoisotopic (exact) mass is 437 g/mol. The van der Waals surface area contributed by atoms with Crippen LogP contribution in [0.5, 0.6) is 0 Å². The number of amides is 1. The third-order valence-corrected chi connectivity index (χ3v) is 6.27. The smallest absolute Gasteiger partial charge is 0.250 e. The Kier molecular flexibility index (Phi) is 6.72. The van der Waals surface area contributed by atoms with E-state index in [1.807, 2.05) is 18.3 Å². The number of fused-ring (bicyclic) bond motifs is 1. The van der Waals surface area contributed by atoms with Crippen molar-refractivity contribution in [3.63, 3.8) is 0 Å². The number of carbonyl (C=O) groups is 1. The number of rotatable bonds is 7. The van der Waals surface area contributed by atoms with E-state index in [4.69, 9.17) is 4.74 Å². The zero-order chi connectivity index (χ0) is 22.7. The van der Waals surface area contributed by atoms with Gasteiger partial charge < -0.3 is 19.2 Å². The number of pyridine rings is 2. The summed E-state index contributed by atoms with van der Waals surface area (Å²) >= 11 is 0. The van der Waals surface area contributed by atoms with Gasteiger partial charge in [0.05, 0.1) is 13.2 Å². The summed E-state index contributed by atoms with van der Waals surface area (Å²) in [5.74, 6) is 0.563. The number of methoxy groups -OCH3 is 1. The summed E-state index contributed by atoms with van der Waals surface area (Å²) < 4.78 is 6.81. The van der Waals surface area contributed by atoms with Gasteiger partial charge in [-0.05, 0) is 55.3 Å². The van der Waals surface area contributed by atoms with Gasteiger partial charge in [0.25, 0.3) is 5.56 Å². The molecule has 1 saturated heterocycles. The van der Waals surface area contributed by atoms with Gasteiger partial charge in [0.15, 0.2) is 0 Å². The molecule has 0 radical (unpaired) electrons. The van der Waals surface area contributed by atoms with E-state index in [0.717, 1.165) is 48.1 Å². The van der Waals surface area contributed by atoms with Crippen LogP contribution in [0.2, 0.25) is 0 Å². The molecule has 3 aromatic rings. The van der Waals surface area contributed by atoms with E-state index in [9.17, 15) is 9.59 Å². The second-order valence-electron chi connectivity index (χ2n) is 8.63. The Morgan fingerprint density at radius 2 is 2.03 bits per heavy atom. The van der Waals surface area contributed by atoms with Crippen LogP contribution in [0.3, 0.4) is 0 Å². The minimum Gasteiger partial charge on any atom is -0.383 e. The first-order valence-corrected chi connectivity index (χ1v) is 11.1. The normalized spacial score (nSPS) is 15.3. The number of hydrogen-bond acceptors (Lipinski definition) is 5. The van der Waals surface area contributed by atoms with E-state index in [-0.39, 0.29) is 11.5 Å². The molecule has 1 amide bonds. The minimum absolute atomic E-state index is 0.0367. The second kappa shape index (κ2) is 9.67. The number of piperidine rings is 1. The van der Waals surface area contributed by atoms with Crippen LogP contribution in [0.15, 0.2) is 41.5 Å². The zero-order valence-corrected chi connectivity index (χ0v) is 19.0. The number of ether oxygens (including phenoxy) is 1. The Balaban J connectivity index is 1.55. The number of nitrogens with zero attached hydrogens (tertiary/aromatic N) is 4. The van der Waals surface area contributed by atoms with E-state index in [1.165, 1.54) is 5.69 Å². The Bertz CT molecular complexity index is 1140. The first-order chi connectivity index (χ1) is 15.5. The second-order valence-corrected chi connectivity index (χ2v) is 8.63. The highest BCUT2D eigenvalue weighted by Gasteiger charge is 2.24. The number of aromatic nitrogens is 3. The van der Waals surface area contributed by atoms with Gasteiger partial charge in [-0.1, -0.05) is 0 Å². The molecule has 0 unspecified atom stereocenters. The number of likely N-dealkylation sites (N-methyl/N-ethyl adjacent to an activating group) is 1. The Labute approximate surface area is 187 Å². The molecular formula is C24H31N5O3. The SMILES string of the molecule is COCCn1cc(-c2ccnc3[nH]c(C4CCN(CC(=O)N(C)C)CC4)cc23)ccc1=O. The van der Waals surface area contributed by atoms with Crippen molar-refractivity contribution in [2.75, 3.05) is 47.4 Å². The van der Waals surface area contributed by atoms with Crippen molar-refractivity contribution in [2.45, 2.75) is 25.3 Å². The molecule has 1 fully saturated rings. The first kappa shape index (κ1) is 22.2. The standard InChI is InChI=1S/C24H31N5O3/c1-27(2)23(31)16-28-10-7-17(8-11-28)21-14-20-19(6-9-25-24(20)26-21)18-4-5-22(30)29(15-18)12-13-32-3/h4-6,9,14-15,17H,7-8,10-13,16H2,1-3H3,(H,25,26). The lowest BCUT2D eigenvalue weighted by molar-refractivity contribution is -0.130. The third kappa shape index (κ3) is 4.76. The van der Waals surface area contributed by atoms with Gasteiger partial charge in [-0.15, -0.1) is 0 Å². The summed E-state index contributed by atoms with van der Waals surface area (Å²) in [6.45, 7) is 3.30. The van der Waals surface area contributed by atoms with Crippen molar-refractivity contribution in [3.8, 4) is 11.1 Å². The van der Waals surface area contributed by atoms with Crippen LogP contribution in [0.25, 0.3) is 22.2 Å². The molecule has 0 saturated carbocycles. The lowest BCUT2D eigenvalue weighted by Crippen LogP contribution is -2.40. The van der Waals surface area contributed by atoms with E-state index < -0.39 is 0 Å². The molecule has 1 aliphatic rings. The quantitative estimate of drug-likeness (QED) is 0.613. The van der Waals surface area contributed by atoms with E-state index in [2.05, 4.69) is 20.9 Å². The van der Waals surface area contributed by atoms with Gasteiger partial charge >= 0.3 is 0 Å². The number of likely N-dealkylation sites (tertiary alicyclic amines) is 1. The molecule has 4 rings (SSSR count). The molecule has 0 bridgehead atoms. The summed E-state index contributed by atoms with van der Waals surface area (Å²) in [4.78, 5) is 36.1. The number of nitrogens with one attached hydrogen (secondary N) is 1. The van der Waals surface area contributed by atoms with E-state index >= 15 is 0 Å². The van der Waals surface area contributed by atoms with Crippen LogP contribution in [-0.4, -0.2) is 77.7 Å². The van der Waals surface area contributed by atoms with Gasteiger partial charge in [-0.25, -0.2) is 4.98 Å². The van der Waals surface area contributed by atoms with Crippen LogP contribution in [0.1, 0.15) is 24.5 Å². The maximum atomic E-state index is 12.2. The van der Waals surface area contributed by atoms with Crippen LogP contribution in [0, 0.1) is 0 Å². The fourth-order valence-corrected chi connectivity index (χ4v) is 4.31. The predicted molar refractivity (Wildman–Crippen MR) is 125 cm³/mol. The molecule has 1 aliphatic heterocycles. The number of aromatic amines is 1. The topological polar surface area (TPSA) is 83.5 Å². The summed E-state index contributed by atoms with van der Waals surface area (Å²) in [6.07, 6.45) is 5.70. The number of carbonyl (C=O) groups excluding carboxylic acids is 1. The van der Waals surface area contributed by atoms with Crippen LogP contribution >= 0.6 is 0 Å².